The number of benzene rings is 2. The molecule has 1 aliphatic rings. The van der Waals surface area contributed by atoms with Crippen molar-refractivity contribution in [1.82, 2.24) is 10.3 Å². The molecule has 2 aromatic heterocycles. The molecule has 0 fully saturated rings. The van der Waals surface area contributed by atoms with Crippen LogP contribution in [0.15, 0.2) is 76.3 Å². The van der Waals surface area contributed by atoms with Gasteiger partial charge in [-0.3, -0.25) is 14.6 Å². The number of aromatic nitrogens is 1. The standard InChI is InChI=1S/C26H22N2O6/c29-21-13-24-23(33-15-34-24)11-19(21)18(12-25(30)28-10-8-16-5-3-4-9-27-16)20-14-32-22-7-2-1-6-17(22)26(20)31/h1-7,9,11,13-14,18,29H,8,10,12,15H2,(H,28,30)/t18-/m1/s1. The van der Waals surface area contributed by atoms with Gasteiger partial charge in [0.15, 0.2) is 16.9 Å². The third-order valence-corrected chi connectivity index (χ3v) is 5.80. The lowest BCUT2D eigenvalue weighted by Gasteiger charge is -2.19. The molecule has 2 aromatic carbocycles. The number of hydrogen-bond donors (Lipinski definition) is 2. The maximum absolute atomic E-state index is 13.3. The van der Waals surface area contributed by atoms with Gasteiger partial charge in [-0.2, -0.15) is 0 Å². The largest absolute Gasteiger partial charge is 0.508 e. The molecule has 4 aromatic rings. The number of nitrogens with zero attached hydrogens (tertiary/aromatic N) is 1. The molecule has 1 amide bonds. The van der Waals surface area contributed by atoms with Crippen molar-refractivity contribution in [3.8, 4) is 17.2 Å². The van der Waals surface area contributed by atoms with E-state index in [-0.39, 0.29) is 35.9 Å². The van der Waals surface area contributed by atoms with Gasteiger partial charge in [-0.15, -0.1) is 0 Å². The Balaban J connectivity index is 1.46. The highest BCUT2D eigenvalue weighted by molar-refractivity contribution is 5.80. The SMILES string of the molecule is O=C(C[C@H](c1cc2c(cc1O)OCO2)c1coc2ccccc2c1=O)NCCc1ccccn1. The predicted molar refractivity (Wildman–Crippen MR) is 124 cm³/mol. The molecular weight excluding hydrogens is 436 g/mol. The van der Waals surface area contributed by atoms with E-state index in [4.69, 9.17) is 13.9 Å². The molecule has 3 heterocycles. The number of nitrogens with one attached hydrogen (secondary N) is 1. The van der Waals surface area contributed by atoms with E-state index in [2.05, 4.69) is 10.3 Å². The minimum Gasteiger partial charge on any atom is -0.508 e. The molecule has 0 radical (unpaired) electrons. The van der Waals surface area contributed by atoms with Crippen LogP contribution in [-0.4, -0.2) is 29.3 Å². The van der Waals surface area contributed by atoms with Crippen LogP contribution < -0.4 is 20.2 Å². The average molecular weight is 458 g/mol. The van der Waals surface area contributed by atoms with Crippen LogP contribution >= 0.6 is 0 Å². The molecular formula is C26H22N2O6. The van der Waals surface area contributed by atoms with Crippen LogP contribution in [0.2, 0.25) is 0 Å². The maximum atomic E-state index is 13.3. The first-order chi connectivity index (χ1) is 16.6. The number of carbonyl (C=O) groups is 1. The van der Waals surface area contributed by atoms with E-state index >= 15 is 0 Å². The second-order valence-corrected chi connectivity index (χ2v) is 7.96. The van der Waals surface area contributed by atoms with Crippen molar-refractivity contribution in [1.29, 1.82) is 0 Å². The summed E-state index contributed by atoms with van der Waals surface area (Å²) in [5.74, 6) is -0.275. The Morgan fingerprint density at radius 2 is 1.85 bits per heavy atom. The summed E-state index contributed by atoms with van der Waals surface area (Å²) < 4.78 is 16.5. The van der Waals surface area contributed by atoms with E-state index in [1.54, 1.807) is 36.5 Å². The summed E-state index contributed by atoms with van der Waals surface area (Å²) >= 11 is 0. The van der Waals surface area contributed by atoms with Gasteiger partial charge in [-0.05, 0) is 30.3 Å². The van der Waals surface area contributed by atoms with E-state index in [1.165, 1.54) is 12.3 Å². The predicted octanol–water partition coefficient (Wildman–Crippen LogP) is 3.50. The molecule has 1 atom stereocenters. The van der Waals surface area contributed by atoms with Gasteiger partial charge in [0.2, 0.25) is 12.7 Å². The minimum absolute atomic E-state index is 0.0367. The zero-order chi connectivity index (χ0) is 23.5. The van der Waals surface area contributed by atoms with Crippen molar-refractivity contribution in [2.75, 3.05) is 13.3 Å². The molecule has 8 heteroatoms. The molecule has 34 heavy (non-hydrogen) atoms. The molecule has 0 saturated heterocycles. The average Bonchev–Trinajstić information content (AvgIpc) is 3.31. The molecule has 0 aliphatic carbocycles. The summed E-state index contributed by atoms with van der Waals surface area (Å²) in [5, 5.41) is 14.0. The molecule has 0 saturated carbocycles. The number of ether oxygens (including phenoxy) is 2. The van der Waals surface area contributed by atoms with E-state index in [1.807, 2.05) is 18.2 Å². The highest BCUT2D eigenvalue weighted by atomic mass is 16.7. The van der Waals surface area contributed by atoms with Crippen LogP contribution in [0.3, 0.4) is 0 Å². The molecule has 8 nitrogen and oxygen atoms in total. The Morgan fingerprint density at radius 1 is 1.06 bits per heavy atom. The number of carbonyl (C=O) groups excluding carboxylic acids is 1. The van der Waals surface area contributed by atoms with Gasteiger partial charge >= 0.3 is 0 Å². The highest BCUT2D eigenvalue weighted by Gasteiger charge is 2.28. The number of rotatable bonds is 7. The minimum atomic E-state index is -0.759. The third-order valence-electron chi connectivity index (χ3n) is 5.80. The third kappa shape index (κ3) is 4.30. The Morgan fingerprint density at radius 3 is 2.68 bits per heavy atom. The van der Waals surface area contributed by atoms with E-state index in [9.17, 15) is 14.7 Å². The summed E-state index contributed by atoms with van der Waals surface area (Å²) in [6.45, 7) is 0.428. The van der Waals surface area contributed by atoms with Crippen LogP contribution in [0.5, 0.6) is 17.2 Å². The number of hydrogen-bond acceptors (Lipinski definition) is 7. The van der Waals surface area contributed by atoms with E-state index in [0.29, 0.717) is 41.0 Å². The van der Waals surface area contributed by atoms with Gasteiger partial charge in [0.1, 0.15) is 11.3 Å². The molecule has 172 valence electrons. The van der Waals surface area contributed by atoms with Crippen molar-refractivity contribution in [3.63, 3.8) is 0 Å². The van der Waals surface area contributed by atoms with Crippen LogP contribution in [-0.2, 0) is 11.2 Å². The first-order valence-electron chi connectivity index (χ1n) is 10.9. The first-order valence-corrected chi connectivity index (χ1v) is 10.9. The van der Waals surface area contributed by atoms with Crippen LogP contribution in [0.25, 0.3) is 11.0 Å². The summed E-state index contributed by atoms with van der Waals surface area (Å²) in [7, 11) is 0. The number of pyridine rings is 1. The van der Waals surface area contributed by atoms with Crippen LogP contribution in [0.1, 0.15) is 29.2 Å². The maximum Gasteiger partial charge on any atom is 0.231 e. The highest BCUT2D eigenvalue weighted by Crippen LogP contribution is 2.42. The summed E-state index contributed by atoms with van der Waals surface area (Å²) in [5.41, 5.74) is 1.71. The van der Waals surface area contributed by atoms with Crippen molar-refractivity contribution in [2.45, 2.75) is 18.8 Å². The van der Waals surface area contributed by atoms with Crippen molar-refractivity contribution in [3.05, 3.63) is 94.1 Å². The summed E-state index contributed by atoms with van der Waals surface area (Å²) in [4.78, 5) is 30.5. The number of fused-ring (bicyclic) bond motifs is 2. The lowest BCUT2D eigenvalue weighted by Crippen LogP contribution is -2.28. The van der Waals surface area contributed by atoms with Crippen molar-refractivity contribution < 1.29 is 23.8 Å². The quantitative estimate of drug-likeness (QED) is 0.436. The topological polar surface area (TPSA) is 111 Å². The molecule has 0 bridgehead atoms. The van der Waals surface area contributed by atoms with Crippen molar-refractivity contribution in [2.24, 2.45) is 0 Å². The molecule has 5 rings (SSSR count). The molecule has 2 N–H and O–H groups in total. The van der Waals surface area contributed by atoms with Gasteiger partial charge in [0.25, 0.3) is 0 Å². The van der Waals surface area contributed by atoms with Gasteiger partial charge < -0.3 is 24.3 Å². The van der Waals surface area contributed by atoms with Crippen LogP contribution in [0.4, 0.5) is 0 Å². The summed E-state index contributed by atoms with van der Waals surface area (Å²) in [6, 6.07) is 15.6. The van der Waals surface area contributed by atoms with Gasteiger partial charge in [0.05, 0.1) is 11.6 Å². The Kier molecular flexibility index (Phi) is 5.86. The smallest absolute Gasteiger partial charge is 0.231 e. The number of phenolic OH excluding ortho intramolecular Hbond substituents is 1. The summed E-state index contributed by atoms with van der Waals surface area (Å²) in [6.07, 6.45) is 3.57. The Bertz CT molecular complexity index is 1400. The first kappa shape index (κ1) is 21.5. The number of phenols is 1. The monoisotopic (exact) mass is 458 g/mol. The van der Waals surface area contributed by atoms with Gasteiger partial charge in [-0.1, -0.05) is 18.2 Å². The van der Waals surface area contributed by atoms with Crippen LogP contribution in [0, 0.1) is 0 Å². The molecule has 1 aliphatic heterocycles. The molecule has 0 spiro atoms. The number of aromatic hydroxyl groups is 1. The second kappa shape index (κ2) is 9.27. The van der Waals surface area contributed by atoms with Crippen molar-refractivity contribution >= 4 is 16.9 Å². The lowest BCUT2D eigenvalue weighted by molar-refractivity contribution is -0.121. The zero-order valence-electron chi connectivity index (χ0n) is 18.2. The van der Waals surface area contributed by atoms with E-state index < -0.39 is 5.92 Å². The van der Waals surface area contributed by atoms with Gasteiger partial charge in [0, 0.05) is 54.4 Å². The number of para-hydroxylation sites is 1. The second-order valence-electron chi connectivity index (χ2n) is 7.96. The lowest BCUT2D eigenvalue weighted by atomic mass is 9.87. The number of amides is 1. The van der Waals surface area contributed by atoms with Gasteiger partial charge in [-0.25, -0.2) is 0 Å². The fourth-order valence-corrected chi connectivity index (χ4v) is 4.08. The fourth-order valence-electron chi connectivity index (χ4n) is 4.08. The Labute approximate surface area is 194 Å². The normalized spacial score (nSPS) is 13.1. The van der Waals surface area contributed by atoms with E-state index in [0.717, 1.165) is 5.69 Å². The zero-order valence-corrected chi connectivity index (χ0v) is 18.2. The fraction of sp³-hybridized carbons (Fsp3) is 0.192. The molecule has 0 unspecified atom stereocenters. The Hall–Kier alpha value is -4.33.